The van der Waals surface area contributed by atoms with E-state index in [0.29, 0.717) is 32.5 Å². The van der Waals surface area contributed by atoms with Crippen molar-refractivity contribution in [3.63, 3.8) is 0 Å². The van der Waals surface area contributed by atoms with E-state index in [2.05, 4.69) is 45.4 Å². The topological polar surface area (TPSA) is 65.1 Å². The fourth-order valence-corrected chi connectivity index (χ4v) is 4.49. The fraction of sp³-hybridized carbons (Fsp3) is 0.652. The summed E-state index contributed by atoms with van der Waals surface area (Å²) in [6.07, 6.45) is 2.03. The van der Waals surface area contributed by atoms with Crippen molar-refractivity contribution in [2.24, 2.45) is 5.92 Å². The summed E-state index contributed by atoms with van der Waals surface area (Å²) in [4.78, 5) is 31.5. The summed E-state index contributed by atoms with van der Waals surface area (Å²) < 4.78 is 5.10. The van der Waals surface area contributed by atoms with Gasteiger partial charge in [-0.1, -0.05) is 18.2 Å². The summed E-state index contributed by atoms with van der Waals surface area (Å²) in [5, 5.41) is 3.10. The van der Waals surface area contributed by atoms with Gasteiger partial charge in [0.25, 0.3) is 0 Å². The Balaban J connectivity index is 1.34. The highest BCUT2D eigenvalue weighted by molar-refractivity contribution is 5.84. The Labute approximate surface area is 180 Å². The molecule has 2 aliphatic heterocycles. The zero-order chi connectivity index (χ0) is 21.3. The number of hydrogen-bond donors (Lipinski definition) is 1. The minimum absolute atomic E-state index is 0.0753. The Hall–Kier alpha value is -2.12. The lowest BCUT2D eigenvalue weighted by atomic mass is 9.89. The van der Waals surface area contributed by atoms with Crippen molar-refractivity contribution in [2.45, 2.75) is 32.2 Å². The number of methoxy groups -OCH3 is 1. The van der Waals surface area contributed by atoms with E-state index in [1.54, 1.807) is 12.0 Å². The van der Waals surface area contributed by atoms with Gasteiger partial charge >= 0.3 is 0 Å². The molecule has 2 heterocycles. The molecule has 1 aromatic rings. The van der Waals surface area contributed by atoms with E-state index in [4.69, 9.17) is 4.74 Å². The smallest absolute Gasteiger partial charge is 0.225 e. The van der Waals surface area contributed by atoms with Gasteiger partial charge in [0.15, 0.2) is 0 Å². The van der Waals surface area contributed by atoms with E-state index in [-0.39, 0.29) is 23.8 Å². The summed E-state index contributed by atoms with van der Waals surface area (Å²) >= 11 is 0. The molecule has 2 unspecified atom stereocenters. The summed E-state index contributed by atoms with van der Waals surface area (Å²) in [5.41, 5.74) is 1.30. The molecule has 0 bridgehead atoms. The predicted octanol–water partition coefficient (Wildman–Crippen LogP) is 1.59. The molecule has 1 aromatic carbocycles. The number of piperidine rings is 1. The number of ether oxygens (including phenoxy) is 1. The van der Waals surface area contributed by atoms with Gasteiger partial charge in [-0.15, -0.1) is 0 Å². The molecule has 2 saturated heterocycles. The molecule has 0 radical (unpaired) electrons. The molecule has 2 amide bonds. The van der Waals surface area contributed by atoms with Crippen LogP contribution in [0.2, 0.25) is 0 Å². The number of anilines is 1. The Kier molecular flexibility index (Phi) is 8.51. The first kappa shape index (κ1) is 22.6. The lowest BCUT2D eigenvalue weighted by molar-refractivity contribution is -0.143. The van der Waals surface area contributed by atoms with Crippen LogP contribution in [-0.2, 0) is 14.3 Å². The van der Waals surface area contributed by atoms with Gasteiger partial charge in [0.1, 0.15) is 0 Å². The molecule has 7 heteroatoms. The van der Waals surface area contributed by atoms with Crippen LogP contribution in [0.4, 0.5) is 5.69 Å². The third-order valence-electron chi connectivity index (χ3n) is 6.38. The number of hydrogen-bond acceptors (Lipinski definition) is 5. The second-order valence-corrected chi connectivity index (χ2v) is 8.27. The van der Waals surface area contributed by atoms with Gasteiger partial charge in [-0.05, 0) is 38.4 Å². The molecule has 3 rings (SSSR count). The zero-order valence-corrected chi connectivity index (χ0v) is 18.4. The summed E-state index contributed by atoms with van der Waals surface area (Å²) in [7, 11) is 1.63. The van der Waals surface area contributed by atoms with Crippen molar-refractivity contribution in [3.8, 4) is 0 Å². The Bertz CT molecular complexity index is 676. The van der Waals surface area contributed by atoms with Crippen molar-refractivity contribution in [1.29, 1.82) is 0 Å². The monoisotopic (exact) mass is 416 g/mol. The number of nitrogens with one attached hydrogen (secondary N) is 1. The number of rotatable bonds is 9. The minimum Gasteiger partial charge on any atom is -0.383 e. The number of amides is 2. The fourth-order valence-electron chi connectivity index (χ4n) is 4.49. The number of para-hydroxylation sites is 1. The molecule has 2 atom stereocenters. The third-order valence-corrected chi connectivity index (χ3v) is 6.38. The van der Waals surface area contributed by atoms with E-state index >= 15 is 0 Å². The summed E-state index contributed by atoms with van der Waals surface area (Å²) in [6, 6.07) is 10.5. The number of carbonyl (C=O) groups excluding carboxylic acids is 2. The van der Waals surface area contributed by atoms with E-state index in [1.807, 2.05) is 6.92 Å². The molecule has 2 fully saturated rings. The highest BCUT2D eigenvalue weighted by Crippen LogP contribution is 2.24. The molecule has 30 heavy (non-hydrogen) atoms. The molecule has 0 aromatic heterocycles. The van der Waals surface area contributed by atoms with Crippen LogP contribution < -0.4 is 10.2 Å². The molecule has 0 saturated carbocycles. The average molecular weight is 417 g/mol. The molecule has 0 spiro atoms. The number of piperazine rings is 1. The second-order valence-electron chi connectivity index (χ2n) is 8.27. The predicted molar refractivity (Wildman–Crippen MR) is 118 cm³/mol. The van der Waals surface area contributed by atoms with Crippen molar-refractivity contribution in [1.82, 2.24) is 15.1 Å². The van der Waals surface area contributed by atoms with Crippen LogP contribution >= 0.6 is 0 Å². The lowest BCUT2D eigenvalue weighted by Crippen LogP contribution is -2.52. The second kappa shape index (κ2) is 11.3. The minimum atomic E-state index is -0.131. The van der Waals surface area contributed by atoms with Crippen LogP contribution in [0.3, 0.4) is 0 Å². The normalized spacial score (nSPS) is 22.9. The number of nitrogens with zero attached hydrogens (tertiary/aromatic N) is 3. The maximum absolute atomic E-state index is 12.7. The van der Waals surface area contributed by atoms with Crippen molar-refractivity contribution < 1.29 is 14.3 Å². The Morgan fingerprint density at radius 1 is 1.13 bits per heavy atom. The van der Waals surface area contributed by atoms with Gasteiger partial charge in [0, 0.05) is 64.5 Å². The molecule has 2 aliphatic rings. The van der Waals surface area contributed by atoms with Gasteiger partial charge in [0.05, 0.1) is 12.5 Å². The first-order chi connectivity index (χ1) is 14.6. The van der Waals surface area contributed by atoms with Crippen molar-refractivity contribution in [2.75, 3.05) is 64.4 Å². The molecular weight excluding hydrogens is 380 g/mol. The lowest BCUT2D eigenvalue weighted by Gasteiger charge is -2.38. The van der Waals surface area contributed by atoms with Crippen LogP contribution in [0, 0.1) is 5.92 Å². The quantitative estimate of drug-likeness (QED) is 0.620. The first-order valence-corrected chi connectivity index (χ1v) is 11.2. The Morgan fingerprint density at radius 2 is 1.87 bits per heavy atom. The average Bonchev–Trinajstić information content (AvgIpc) is 2.77. The van der Waals surface area contributed by atoms with Crippen molar-refractivity contribution >= 4 is 17.5 Å². The number of likely N-dealkylation sites (tertiary alicyclic amines) is 1. The van der Waals surface area contributed by atoms with Crippen LogP contribution in [-0.4, -0.2) is 87.2 Å². The van der Waals surface area contributed by atoms with Gasteiger partial charge < -0.3 is 19.9 Å². The van der Waals surface area contributed by atoms with Crippen LogP contribution in [0.15, 0.2) is 30.3 Å². The zero-order valence-electron chi connectivity index (χ0n) is 18.4. The summed E-state index contributed by atoms with van der Waals surface area (Å²) in [5.74, 6) is 0.0681. The maximum Gasteiger partial charge on any atom is 0.225 e. The van der Waals surface area contributed by atoms with Crippen LogP contribution in [0.25, 0.3) is 0 Å². The van der Waals surface area contributed by atoms with Gasteiger partial charge in [-0.3, -0.25) is 14.5 Å². The van der Waals surface area contributed by atoms with E-state index in [1.165, 1.54) is 5.69 Å². The van der Waals surface area contributed by atoms with Crippen molar-refractivity contribution in [3.05, 3.63) is 30.3 Å². The van der Waals surface area contributed by atoms with E-state index in [9.17, 15) is 9.59 Å². The molecule has 1 N–H and O–H groups in total. The molecule has 166 valence electrons. The van der Waals surface area contributed by atoms with Gasteiger partial charge in [-0.25, -0.2) is 0 Å². The Morgan fingerprint density at radius 3 is 2.57 bits per heavy atom. The summed E-state index contributed by atoms with van der Waals surface area (Å²) in [6.45, 7) is 8.91. The van der Waals surface area contributed by atoms with Crippen LogP contribution in [0.5, 0.6) is 0 Å². The highest BCUT2D eigenvalue weighted by Gasteiger charge is 2.36. The van der Waals surface area contributed by atoms with E-state index < -0.39 is 0 Å². The van der Waals surface area contributed by atoms with Gasteiger partial charge in [-0.2, -0.15) is 0 Å². The molecular formula is C23H36N4O3. The SMILES string of the molecule is COCCN1C(=O)CCC(C(=O)NCCCN2CCN(c3ccccc3)CC2)C1C. The standard InChI is InChI=1S/C23H36N4O3/c1-19-21(9-10-22(28)27(19)17-18-30-2)23(29)24-11-6-12-25-13-15-26(16-14-25)20-7-4-3-5-8-20/h3-5,7-8,19,21H,6,9-18H2,1-2H3,(H,24,29). The van der Waals surface area contributed by atoms with Gasteiger partial charge in [0.2, 0.25) is 11.8 Å². The highest BCUT2D eigenvalue weighted by atomic mass is 16.5. The first-order valence-electron chi connectivity index (χ1n) is 11.2. The number of carbonyl (C=O) groups is 2. The number of benzene rings is 1. The maximum atomic E-state index is 12.7. The third kappa shape index (κ3) is 5.95. The largest absolute Gasteiger partial charge is 0.383 e. The van der Waals surface area contributed by atoms with E-state index in [0.717, 1.165) is 39.1 Å². The van der Waals surface area contributed by atoms with Crippen LogP contribution in [0.1, 0.15) is 26.2 Å². The molecule has 7 nitrogen and oxygen atoms in total. The molecule has 0 aliphatic carbocycles.